The topological polar surface area (TPSA) is 39.1 Å². The van der Waals surface area contributed by atoms with Gasteiger partial charge >= 0.3 is 0 Å². The molecule has 1 aromatic heterocycles. The highest BCUT2D eigenvalue weighted by atomic mass is 79.9. The van der Waals surface area contributed by atoms with Crippen molar-refractivity contribution in [2.75, 3.05) is 20.3 Å². The summed E-state index contributed by atoms with van der Waals surface area (Å²) in [6.07, 6.45) is 3.77. The molecule has 20 heavy (non-hydrogen) atoms. The van der Waals surface area contributed by atoms with E-state index in [-0.39, 0.29) is 0 Å². The first-order chi connectivity index (χ1) is 9.70. The Labute approximate surface area is 132 Å². The van der Waals surface area contributed by atoms with E-state index < -0.39 is 0 Å². The summed E-state index contributed by atoms with van der Waals surface area (Å²) < 4.78 is 8.08. The first-order valence-corrected chi connectivity index (χ1v) is 7.51. The van der Waals surface area contributed by atoms with E-state index in [1.807, 2.05) is 24.4 Å². The van der Waals surface area contributed by atoms with Gasteiger partial charge in [0.25, 0.3) is 0 Å². The summed E-state index contributed by atoms with van der Waals surface area (Å²) in [6, 6.07) is 5.92. The molecule has 0 atom stereocenters. The zero-order chi connectivity index (χ0) is 14.4. The van der Waals surface area contributed by atoms with Gasteiger partial charge in [0.15, 0.2) is 0 Å². The summed E-state index contributed by atoms with van der Waals surface area (Å²) in [5.41, 5.74) is 1.08. The molecule has 0 spiro atoms. The van der Waals surface area contributed by atoms with Crippen LogP contribution in [0.25, 0.3) is 0 Å². The van der Waals surface area contributed by atoms with Crippen molar-refractivity contribution in [2.24, 2.45) is 0 Å². The Bertz CT molecular complexity index is 559. The third kappa shape index (κ3) is 4.31. The molecule has 1 N–H and O–H groups in total. The number of aromatic nitrogens is 2. The van der Waals surface area contributed by atoms with Crippen LogP contribution in [-0.2, 0) is 17.8 Å². The second-order valence-corrected chi connectivity index (χ2v) is 5.70. The lowest BCUT2D eigenvalue weighted by Crippen LogP contribution is -2.21. The van der Waals surface area contributed by atoms with Gasteiger partial charge in [-0.25, -0.2) is 4.98 Å². The van der Waals surface area contributed by atoms with E-state index in [2.05, 4.69) is 30.8 Å². The van der Waals surface area contributed by atoms with Crippen molar-refractivity contribution in [2.45, 2.75) is 13.1 Å². The van der Waals surface area contributed by atoms with Gasteiger partial charge in [0.1, 0.15) is 5.82 Å². The number of hydrogen-bond acceptors (Lipinski definition) is 3. The number of ether oxygens (including phenoxy) is 1. The van der Waals surface area contributed by atoms with Crippen LogP contribution in [0, 0.1) is 0 Å². The van der Waals surface area contributed by atoms with Gasteiger partial charge in [0.05, 0.1) is 19.7 Å². The average molecular weight is 359 g/mol. The van der Waals surface area contributed by atoms with Crippen LogP contribution >= 0.6 is 27.5 Å². The summed E-state index contributed by atoms with van der Waals surface area (Å²) in [5, 5.41) is 4.05. The van der Waals surface area contributed by atoms with Crippen molar-refractivity contribution in [1.29, 1.82) is 0 Å². The van der Waals surface area contributed by atoms with Crippen LogP contribution in [0.3, 0.4) is 0 Å². The Morgan fingerprint density at radius 2 is 2.30 bits per heavy atom. The molecule has 2 rings (SSSR count). The van der Waals surface area contributed by atoms with E-state index in [0.29, 0.717) is 19.7 Å². The molecule has 0 fully saturated rings. The summed E-state index contributed by atoms with van der Waals surface area (Å²) in [6.45, 7) is 2.93. The predicted octanol–water partition coefficient (Wildman–Crippen LogP) is 3.08. The van der Waals surface area contributed by atoms with Gasteiger partial charge in [-0.1, -0.05) is 33.6 Å². The number of imidazole rings is 1. The van der Waals surface area contributed by atoms with Crippen molar-refractivity contribution >= 4 is 27.5 Å². The summed E-state index contributed by atoms with van der Waals surface area (Å²) in [5.74, 6) is 0.986. The average Bonchev–Trinajstić information content (AvgIpc) is 2.85. The van der Waals surface area contributed by atoms with Crippen LogP contribution in [0.4, 0.5) is 0 Å². The van der Waals surface area contributed by atoms with Crippen molar-refractivity contribution in [3.05, 3.63) is 51.5 Å². The van der Waals surface area contributed by atoms with Crippen molar-refractivity contribution in [1.82, 2.24) is 14.9 Å². The minimum Gasteiger partial charge on any atom is -0.383 e. The van der Waals surface area contributed by atoms with Crippen LogP contribution < -0.4 is 5.32 Å². The fourth-order valence-corrected chi connectivity index (χ4v) is 2.59. The molecule has 0 saturated carbocycles. The smallest absolute Gasteiger partial charge is 0.122 e. The number of rotatable bonds is 7. The molecule has 0 saturated heterocycles. The van der Waals surface area contributed by atoms with Gasteiger partial charge in [-0.2, -0.15) is 0 Å². The van der Waals surface area contributed by atoms with E-state index in [9.17, 15) is 0 Å². The highest BCUT2D eigenvalue weighted by molar-refractivity contribution is 9.10. The molecule has 0 radical (unpaired) electrons. The molecule has 0 unspecified atom stereocenters. The van der Waals surface area contributed by atoms with E-state index >= 15 is 0 Å². The molecule has 0 aliphatic carbocycles. The van der Waals surface area contributed by atoms with Crippen LogP contribution in [0.1, 0.15) is 11.4 Å². The molecular formula is C14H17BrClN3O. The summed E-state index contributed by atoms with van der Waals surface area (Å²) >= 11 is 9.66. The van der Waals surface area contributed by atoms with Gasteiger partial charge in [0, 0.05) is 35.5 Å². The monoisotopic (exact) mass is 357 g/mol. The fraction of sp³-hybridized carbons (Fsp3) is 0.357. The van der Waals surface area contributed by atoms with Crippen LogP contribution in [-0.4, -0.2) is 29.8 Å². The lowest BCUT2D eigenvalue weighted by Gasteiger charge is -2.10. The molecule has 108 valence electrons. The number of nitrogens with zero attached hydrogens (tertiary/aromatic N) is 2. The normalized spacial score (nSPS) is 10.9. The van der Waals surface area contributed by atoms with E-state index in [1.165, 1.54) is 0 Å². The van der Waals surface area contributed by atoms with Crippen molar-refractivity contribution in [3.63, 3.8) is 0 Å². The Balaban J connectivity index is 2.01. The molecule has 0 aliphatic rings. The Kier molecular flexibility index (Phi) is 6.04. The number of halogens is 2. The Morgan fingerprint density at radius 3 is 3.05 bits per heavy atom. The summed E-state index contributed by atoms with van der Waals surface area (Å²) in [7, 11) is 1.69. The highest BCUT2D eigenvalue weighted by Crippen LogP contribution is 2.22. The number of benzene rings is 1. The lowest BCUT2D eigenvalue weighted by atomic mass is 10.2. The van der Waals surface area contributed by atoms with Crippen molar-refractivity contribution in [3.8, 4) is 0 Å². The Morgan fingerprint density at radius 1 is 1.45 bits per heavy atom. The standard InChI is InChI=1S/C14H17BrClN3O/c1-20-7-5-17-9-14-18-4-6-19(14)10-11-2-3-12(15)8-13(11)16/h2-4,6,8,17H,5,7,9-10H2,1H3. The third-order valence-corrected chi connectivity index (χ3v) is 3.77. The zero-order valence-electron chi connectivity index (χ0n) is 11.3. The number of nitrogens with one attached hydrogen (secondary N) is 1. The molecule has 1 aromatic carbocycles. The second-order valence-electron chi connectivity index (χ2n) is 4.38. The first kappa shape index (κ1) is 15.5. The number of methoxy groups -OCH3 is 1. The maximum Gasteiger partial charge on any atom is 0.122 e. The molecule has 0 bridgehead atoms. The van der Waals surface area contributed by atoms with E-state index in [1.54, 1.807) is 13.3 Å². The van der Waals surface area contributed by atoms with Gasteiger partial charge in [-0.15, -0.1) is 0 Å². The predicted molar refractivity (Wildman–Crippen MR) is 84.1 cm³/mol. The molecule has 1 heterocycles. The lowest BCUT2D eigenvalue weighted by molar-refractivity contribution is 0.199. The molecule has 0 amide bonds. The maximum absolute atomic E-state index is 6.25. The first-order valence-electron chi connectivity index (χ1n) is 6.34. The molecular weight excluding hydrogens is 342 g/mol. The summed E-state index contributed by atoms with van der Waals surface area (Å²) in [4.78, 5) is 4.36. The molecule has 2 aromatic rings. The fourth-order valence-electron chi connectivity index (χ4n) is 1.86. The zero-order valence-corrected chi connectivity index (χ0v) is 13.6. The highest BCUT2D eigenvalue weighted by Gasteiger charge is 2.06. The Hall–Kier alpha value is -0.880. The van der Waals surface area contributed by atoms with Crippen LogP contribution in [0.15, 0.2) is 35.1 Å². The van der Waals surface area contributed by atoms with E-state index in [0.717, 1.165) is 27.4 Å². The molecule has 6 heteroatoms. The van der Waals surface area contributed by atoms with Gasteiger partial charge in [0.2, 0.25) is 0 Å². The quantitative estimate of drug-likeness (QED) is 0.773. The third-order valence-electron chi connectivity index (χ3n) is 2.92. The molecule has 4 nitrogen and oxygen atoms in total. The van der Waals surface area contributed by atoms with Crippen LogP contribution in [0.2, 0.25) is 5.02 Å². The van der Waals surface area contributed by atoms with Crippen LogP contribution in [0.5, 0.6) is 0 Å². The van der Waals surface area contributed by atoms with Gasteiger partial charge in [-0.3, -0.25) is 0 Å². The van der Waals surface area contributed by atoms with Gasteiger partial charge in [-0.05, 0) is 17.7 Å². The second kappa shape index (κ2) is 7.78. The number of hydrogen-bond donors (Lipinski definition) is 1. The SMILES string of the molecule is COCCNCc1nccn1Cc1ccc(Br)cc1Cl. The van der Waals surface area contributed by atoms with E-state index in [4.69, 9.17) is 16.3 Å². The maximum atomic E-state index is 6.25. The van der Waals surface area contributed by atoms with Crippen molar-refractivity contribution < 1.29 is 4.74 Å². The van der Waals surface area contributed by atoms with Gasteiger partial charge < -0.3 is 14.6 Å². The minimum absolute atomic E-state index is 0.694. The molecule has 0 aliphatic heterocycles. The largest absolute Gasteiger partial charge is 0.383 e. The minimum atomic E-state index is 0.694.